The summed E-state index contributed by atoms with van der Waals surface area (Å²) in [6, 6.07) is 5.74. The largest absolute Gasteiger partial charge is 0.339 e. The van der Waals surface area contributed by atoms with Gasteiger partial charge in [-0.2, -0.15) is 4.31 Å². The van der Waals surface area contributed by atoms with Crippen LogP contribution in [0.25, 0.3) is 0 Å². The minimum absolute atomic E-state index is 0.0994. The van der Waals surface area contributed by atoms with Gasteiger partial charge in [-0.25, -0.2) is 8.42 Å². The highest BCUT2D eigenvalue weighted by atomic mass is 32.2. The number of carbonyl (C=O) groups excluding carboxylic acids is 1. The molecular weight excluding hydrogens is 302 g/mol. The smallest absolute Gasteiger partial charge is 0.253 e. The van der Waals surface area contributed by atoms with E-state index in [2.05, 4.69) is 0 Å². The molecule has 1 aromatic rings. The first-order valence-corrected chi connectivity index (χ1v) is 8.81. The van der Waals surface area contributed by atoms with Crippen LogP contribution in [0.15, 0.2) is 29.2 Å². The molecule has 22 heavy (non-hydrogen) atoms. The van der Waals surface area contributed by atoms with Crippen LogP contribution in [0.5, 0.6) is 0 Å². The zero-order chi connectivity index (χ0) is 16.9. The molecule has 124 valence electrons. The van der Waals surface area contributed by atoms with Crippen LogP contribution in [0.4, 0.5) is 0 Å². The second kappa shape index (κ2) is 7.71. The lowest BCUT2D eigenvalue weighted by molar-refractivity contribution is 0.0773. The Kier molecular flexibility index (Phi) is 6.52. The maximum absolute atomic E-state index is 12.4. The fourth-order valence-electron chi connectivity index (χ4n) is 2.01. The number of nitrogens with two attached hydrogens (primary N) is 1. The highest BCUT2D eigenvalue weighted by Crippen LogP contribution is 2.17. The molecule has 0 aromatic heterocycles. The average molecular weight is 327 g/mol. The molecule has 1 aromatic carbocycles. The van der Waals surface area contributed by atoms with Gasteiger partial charge in [0.2, 0.25) is 10.0 Å². The van der Waals surface area contributed by atoms with E-state index in [-0.39, 0.29) is 23.4 Å². The fourth-order valence-corrected chi connectivity index (χ4v) is 3.39. The van der Waals surface area contributed by atoms with Crippen molar-refractivity contribution < 1.29 is 13.2 Å². The lowest BCUT2D eigenvalue weighted by Gasteiger charge is -2.23. The van der Waals surface area contributed by atoms with Gasteiger partial charge in [0, 0.05) is 38.3 Å². The zero-order valence-corrected chi connectivity index (χ0v) is 14.4. The summed E-state index contributed by atoms with van der Waals surface area (Å²) in [5.41, 5.74) is 6.00. The van der Waals surface area contributed by atoms with Gasteiger partial charge in [-0.05, 0) is 45.0 Å². The molecule has 0 aliphatic rings. The third-order valence-corrected chi connectivity index (χ3v) is 5.78. The molecule has 1 amide bonds. The predicted octanol–water partition coefficient (Wildman–Crippen LogP) is 1.14. The fraction of sp³-hybridized carbons (Fsp3) is 0.533. The summed E-state index contributed by atoms with van der Waals surface area (Å²) in [5, 5.41) is 0. The van der Waals surface area contributed by atoms with E-state index in [0.717, 1.165) is 0 Å². The van der Waals surface area contributed by atoms with Gasteiger partial charge >= 0.3 is 0 Å². The molecule has 6 nitrogen and oxygen atoms in total. The Morgan fingerprint density at radius 2 is 1.68 bits per heavy atom. The van der Waals surface area contributed by atoms with Crippen molar-refractivity contribution in [3.05, 3.63) is 29.8 Å². The van der Waals surface area contributed by atoms with Crippen molar-refractivity contribution in [1.29, 1.82) is 0 Å². The summed E-state index contributed by atoms with van der Waals surface area (Å²) in [4.78, 5) is 14.1. The number of sulfonamides is 1. The standard InChI is InChI=1S/C15H25N3O3S/c1-5-18(6-2)15(19)13-7-9-14(10-8-13)22(20,21)17(4)12(3)11-16/h7-10,12H,5-6,11,16H2,1-4H3. The van der Waals surface area contributed by atoms with E-state index in [1.165, 1.54) is 23.5 Å². The van der Waals surface area contributed by atoms with Crippen LogP contribution in [0.2, 0.25) is 0 Å². The number of benzene rings is 1. The van der Waals surface area contributed by atoms with E-state index in [1.807, 2.05) is 13.8 Å². The molecule has 0 saturated heterocycles. The van der Waals surface area contributed by atoms with Crippen molar-refractivity contribution in [3.8, 4) is 0 Å². The molecule has 0 radical (unpaired) electrons. The van der Waals surface area contributed by atoms with Crippen molar-refractivity contribution in [2.75, 3.05) is 26.7 Å². The van der Waals surface area contributed by atoms with Crippen molar-refractivity contribution in [3.63, 3.8) is 0 Å². The molecule has 0 saturated carbocycles. The highest BCUT2D eigenvalue weighted by molar-refractivity contribution is 7.89. The van der Waals surface area contributed by atoms with Gasteiger partial charge < -0.3 is 10.6 Å². The molecule has 0 fully saturated rings. The normalized spacial score (nSPS) is 13.2. The molecular formula is C15H25N3O3S. The van der Waals surface area contributed by atoms with Crippen LogP contribution in [0, 0.1) is 0 Å². The summed E-state index contributed by atoms with van der Waals surface area (Å²) in [6.45, 7) is 7.04. The van der Waals surface area contributed by atoms with Crippen molar-refractivity contribution in [2.24, 2.45) is 5.73 Å². The monoisotopic (exact) mass is 327 g/mol. The van der Waals surface area contributed by atoms with Crippen LogP contribution in [0.3, 0.4) is 0 Å². The van der Waals surface area contributed by atoms with E-state index in [9.17, 15) is 13.2 Å². The van der Waals surface area contributed by atoms with Crippen LogP contribution >= 0.6 is 0 Å². The van der Waals surface area contributed by atoms with Crippen LogP contribution in [-0.4, -0.2) is 56.3 Å². The summed E-state index contributed by atoms with van der Waals surface area (Å²) in [5.74, 6) is -0.0994. The molecule has 2 N–H and O–H groups in total. The zero-order valence-electron chi connectivity index (χ0n) is 13.6. The molecule has 0 aliphatic heterocycles. The van der Waals surface area contributed by atoms with Crippen LogP contribution < -0.4 is 5.73 Å². The Labute approximate surface area is 132 Å². The summed E-state index contributed by atoms with van der Waals surface area (Å²) in [6.07, 6.45) is 0. The molecule has 1 unspecified atom stereocenters. The minimum atomic E-state index is -3.60. The quantitative estimate of drug-likeness (QED) is 0.814. The van der Waals surface area contributed by atoms with Crippen molar-refractivity contribution in [1.82, 2.24) is 9.21 Å². The molecule has 0 bridgehead atoms. The summed E-state index contributed by atoms with van der Waals surface area (Å²) < 4.78 is 26.1. The van der Waals surface area contributed by atoms with Gasteiger partial charge in [-0.15, -0.1) is 0 Å². The summed E-state index contributed by atoms with van der Waals surface area (Å²) in [7, 11) is -2.09. The topological polar surface area (TPSA) is 83.7 Å². The number of hydrogen-bond acceptors (Lipinski definition) is 4. The van der Waals surface area contributed by atoms with Crippen molar-refractivity contribution in [2.45, 2.75) is 31.7 Å². The average Bonchev–Trinajstić information content (AvgIpc) is 2.54. The second-order valence-electron chi connectivity index (χ2n) is 5.11. The van der Waals surface area contributed by atoms with Gasteiger partial charge in [0.15, 0.2) is 0 Å². The number of likely N-dealkylation sites (N-methyl/N-ethyl adjacent to an activating group) is 1. The first-order chi connectivity index (χ1) is 10.3. The first-order valence-electron chi connectivity index (χ1n) is 7.37. The van der Waals surface area contributed by atoms with Crippen LogP contribution in [0.1, 0.15) is 31.1 Å². The Hall–Kier alpha value is -1.44. The predicted molar refractivity (Wildman–Crippen MR) is 87.2 cm³/mol. The lowest BCUT2D eigenvalue weighted by atomic mass is 10.2. The molecule has 1 rings (SSSR count). The van der Waals surface area contributed by atoms with Gasteiger partial charge in [0.1, 0.15) is 0 Å². The molecule has 0 spiro atoms. The van der Waals surface area contributed by atoms with E-state index in [0.29, 0.717) is 18.7 Å². The molecule has 1 atom stereocenters. The Morgan fingerprint density at radius 1 is 1.18 bits per heavy atom. The number of amides is 1. The maximum atomic E-state index is 12.4. The van der Waals surface area contributed by atoms with Gasteiger partial charge in [-0.1, -0.05) is 0 Å². The highest BCUT2D eigenvalue weighted by Gasteiger charge is 2.25. The number of hydrogen-bond donors (Lipinski definition) is 1. The lowest BCUT2D eigenvalue weighted by Crippen LogP contribution is -2.39. The minimum Gasteiger partial charge on any atom is -0.339 e. The SMILES string of the molecule is CCN(CC)C(=O)c1ccc(S(=O)(=O)N(C)C(C)CN)cc1. The molecule has 0 aliphatic carbocycles. The number of rotatable bonds is 7. The molecule has 0 heterocycles. The van der Waals surface area contributed by atoms with Crippen molar-refractivity contribution >= 4 is 15.9 Å². The maximum Gasteiger partial charge on any atom is 0.253 e. The third kappa shape index (κ3) is 3.85. The number of nitrogens with zero attached hydrogens (tertiary/aromatic N) is 2. The Morgan fingerprint density at radius 3 is 2.09 bits per heavy atom. The van der Waals surface area contributed by atoms with E-state index >= 15 is 0 Å². The van der Waals surface area contributed by atoms with Gasteiger partial charge in [0.25, 0.3) is 5.91 Å². The summed E-state index contributed by atoms with van der Waals surface area (Å²) >= 11 is 0. The third-order valence-electron chi connectivity index (χ3n) is 3.79. The molecule has 7 heteroatoms. The first kappa shape index (κ1) is 18.6. The van der Waals surface area contributed by atoms with E-state index in [1.54, 1.807) is 24.0 Å². The Balaban J connectivity index is 3.05. The van der Waals surface area contributed by atoms with Gasteiger partial charge in [-0.3, -0.25) is 4.79 Å². The second-order valence-corrected chi connectivity index (χ2v) is 7.11. The van der Waals surface area contributed by atoms with E-state index in [4.69, 9.17) is 5.73 Å². The van der Waals surface area contributed by atoms with Gasteiger partial charge in [0.05, 0.1) is 4.90 Å². The Bertz CT molecular complexity index is 595. The van der Waals surface area contributed by atoms with E-state index < -0.39 is 10.0 Å². The number of carbonyl (C=O) groups is 1. The van der Waals surface area contributed by atoms with Crippen LogP contribution in [-0.2, 0) is 10.0 Å².